The summed E-state index contributed by atoms with van der Waals surface area (Å²) in [5, 5.41) is 2.55. The molecule has 0 atom stereocenters. The van der Waals surface area contributed by atoms with Gasteiger partial charge in [0.25, 0.3) is 0 Å². The first-order valence-electron chi connectivity index (χ1n) is 9.48. The number of carbonyl (C=O) groups excluding carboxylic acids is 1. The second-order valence-corrected chi connectivity index (χ2v) is 15.9. The summed E-state index contributed by atoms with van der Waals surface area (Å²) in [7, 11) is -4.23. The molecule has 0 amide bonds. The highest BCUT2D eigenvalue weighted by Crippen LogP contribution is 2.21. The van der Waals surface area contributed by atoms with E-state index in [1.165, 1.54) is 16.4 Å². The Bertz CT molecular complexity index is 698. The van der Waals surface area contributed by atoms with Crippen LogP contribution >= 0.6 is 0 Å². The van der Waals surface area contributed by atoms with E-state index in [0.29, 0.717) is 6.61 Å². The zero-order chi connectivity index (χ0) is 19.8. The van der Waals surface area contributed by atoms with Gasteiger partial charge in [-0.1, -0.05) is 66.7 Å². The van der Waals surface area contributed by atoms with Gasteiger partial charge in [0.2, 0.25) is 8.32 Å². The Morgan fingerprint density at radius 2 is 1.44 bits per heavy atom. The third-order valence-corrected chi connectivity index (χ3v) is 11.6. The van der Waals surface area contributed by atoms with Gasteiger partial charge in [-0.2, -0.15) is 0 Å². The normalized spacial score (nSPS) is 12.3. The van der Waals surface area contributed by atoms with Gasteiger partial charge in [0.1, 0.15) is 0 Å². The van der Waals surface area contributed by atoms with Crippen molar-refractivity contribution in [2.24, 2.45) is 0 Å². The Morgan fingerprint density at radius 1 is 0.926 bits per heavy atom. The summed E-state index contributed by atoms with van der Waals surface area (Å²) in [6.07, 6.45) is 3.94. The number of esters is 1. The lowest BCUT2D eigenvalue weighted by atomic mass is 10.4. The number of ether oxygens (including phenoxy) is 1. The molecular formula is C22H30O3Si2. The van der Waals surface area contributed by atoms with Crippen LogP contribution in [0.5, 0.6) is 0 Å². The molecule has 0 heterocycles. The molecule has 0 saturated heterocycles. The molecule has 0 saturated carbocycles. The second kappa shape index (κ2) is 9.83. The second-order valence-electron chi connectivity index (χ2n) is 7.54. The Kier molecular flexibility index (Phi) is 7.77. The quantitative estimate of drug-likeness (QED) is 0.276. The fourth-order valence-electron chi connectivity index (χ4n) is 3.24. The first kappa shape index (κ1) is 21.3. The molecule has 0 aromatic heterocycles. The van der Waals surface area contributed by atoms with Crippen LogP contribution in [-0.2, 0) is 13.6 Å². The van der Waals surface area contributed by atoms with Crippen LogP contribution < -0.4 is 10.4 Å². The fraction of sp³-hybridized carbons (Fsp3) is 0.318. The zero-order valence-corrected chi connectivity index (χ0v) is 18.8. The van der Waals surface area contributed by atoms with Crippen molar-refractivity contribution in [1.82, 2.24) is 0 Å². The maximum absolute atomic E-state index is 11.6. The van der Waals surface area contributed by atoms with E-state index < -0.39 is 16.6 Å². The van der Waals surface area contributed by atoms with E-state index in [2.05, 4.69) is 68.2 Å². The Labute approximate surface area is 165 Å². The van der Waals surface area contributed by atoms with Gasteiger partial charge < -0.3 is 8.85 Å². The molecule has 0 fully saturated rings. The molecule has 2 aromatic carbocycles. The number of rotatable bonds is 9. The smallest absolute Gasteiger partial charge is 0.330 e. The van der Waals surface area contributed by atoms with Crippen molar-refractivity contribution < 1.29 is 13.6 Å². The standard InChI is InChI=1S/C22H30O3Si2/c1-5-13-22(23)24-18-12-19-27(25-26(2,3)4,20-14-8-6-9-15-20)21-16-10-7-11-17-21/h5-11,13-17H,12,18-19H2,1-4H3. The lowest BCUT2D eigenvalue weighted by Gasteiger charge is -2.38. The number of benzene rings is 2. The highest BCUT2D eigenvalue weighted by molar-refractivity contribution is 7.02. The van der Waals surface area contributed by atoms with Crippen LogP contribution in [0.3, 0.4) is 0 Å². The van der Waals surface area contributed by atoms with Crippen LogP contribution in [0.4, 0.5) is 0 Å². The summed E-state index contributed by atoms with van der Waals surface area (Å²) in [6, 6.07) is 22.0. The van der Waals surface area contributed by atoms with E-state index in [0.717, 1.165) is 12.5 Å². The van der Waals surface area contributed by atoms with Crippen molar-refractivity contribution >= 4 is 33.0 Å². The molecule has 0 bridgehead atoms. The topological polar surface area (TPSA) is 35.5 Å². The first-order chi connectivity index (χ1) is 12.9. The summed E-state index contributed by atoms with van der Waals surface area (Å²) >= 11 is 0. The van der Waals surface area contributed by atoms with E-state index in [9.17, 15) is 4.79 Å². The minimum absolute atomic E-state index is 0.282. The van der Waals surface area contributed by atoms with Crippen molar-refractivity contribution in [2.45, 2.75) is 39.0 Å². The van der Waals surface area contributed by atoms with Crippen molar-refractivity contribution in [3.63, 3.8) is 0 Å². The molecule has 0 aliphatic heterocycles. The monoisotopic (exact) mass is 398 g/mol. The highest BCUT2D eigenvalue weighted by atomic mass is 28.4. The SMILES string of the molecule is CC=CC(=O)OCCC[Si](O[Si](C)(C)C)(c1ccccc1)c1ccccc1. The summed E-state index contributed by atoms with van der Waals surface area (Å²) in [6.45, 7) is 8.95. The van der Waals surface area contributed by atoms with Gasteiger partial charge in [-0.3, -0.25) is 0 Å². The summed E-state index contributed by atoms with van der Waals surface area (Å²) < 4.78 is 12.3. The predicted molar refractivity (Wildman–Crippen MR) is 118 cm³/mol. The van der Waals surface area contributed by atoms with Crippen molar-refractivity contribution in [3.8, 4) is 0 Å². The van der Waals surface area contributed by atoms with Crippen LogP contribution in [0.25, 0.3) is 0 Å². The van der Waals surface area contributed by atoms with Crippen LogP contribution in [0.2, 0.25) is 25.7 Å². The zero-order valence-electron chi connectivity index (χ0n) is 16.8. The predicted octanol–water partition coefficient (Wildman–Crippen LogP) is 4.11. The van der Waals surface area contributed by atoms with Gasteiger partial charge >= 0.3 is 5.97 Å². The number of hydrogen-bond donors (Lipinski definition) is 0. The lowest BCUT2D eigenvalue weighted by Crippen LogP contribution is -2.64. The Morgan fingerprint density at radius 3 is 1.89 bits per heavy atom. The molecule has 0 N–H and O–H groups in total. The average Bonchev–Trinajstić information content (AvgIpc) is 2.65. The largest absolute Gasteiger partial charge is 0.463 e. The number of carbonyl (C=O) groups is 1. The van der Waals surface area contributed by atoms with Crippen molar-refractivity contribution in [2.75, 3.05) is 6.61 Å². The third kappa shape index (κ3) is 6.31. The van der Waals surface area contributed by atoms with E-state index in [1.807, 2.05) is 19.1 Å². The van der Waals surface area contributed by atoms with E-state index in [-0.39, 0.29) is 5.97 Å². The minimum atomic E-state index is -2.42. The van der Waals surface area contributed by atoms with Crippen LogP contribution in [0.15, 0.2) is 72.8 Å². The van der Waals surface area contributed by atoms with E-state index in [4.69, 9.17) is 8.85 Å². The molecule has 0 spiro atoms. The van der Waals surface area contributed by atoms with Gasteiger partial charge in [0.15, 0.2) is 8.32 Å². The van der Waals surface area contributed by atoms with Crippen LogP contribution in [0, 0.1) is 0 Å². The van der Waals surface area contributed by atoms with Crippen LogP contribution in [0.1, 0.15) is 13.3 Å². The molecule has 0 unspecified atom stereocenters. The lowest BCUT2D eigenvalue weighted by molar-refractivity contribution is -0.137. The summed E-state index contributed by atoms with van der Waals surface area (Å²) in [4.78, 5) is 11.6. The maximum atomic E-state index is 11.6. The third-order valence-electron chi connectivity index (χ3n) is 4.18. The Hall–Kier alpha value is -1.96. The van der Waals surface area contributed by atoms with Crippen molar-refractivity contribution in [3.05, 3.63) is 72.8 Å². The molecule has 0 aliphatic carbocycles. The molecular weight excluding hydrogens is 368 g/mol. The molecule has 0 radical (unpaired) electrons. The molecule has 2 aromatic rings. The summed E-state index contributed by atoms with van der Waals surface area (Å²) in [5.74, 6) is -0.282. The molecule has 3 nitrogen and oxygen atoms in total. The molecule has 144 valence electrons. The van der Waals surface area contributed by atoms with Gasteiger partial charge in [-0.15, -0.1) is 0 Å². The van der Waals surface area contributed by atoms with Gasteiger partial charge in [-0.05, 0) is 49.4 Å². The average molecular weight is 399 g/mol. The minimum Gasteiger partial charge on any atom is -0.463 e. The number of allylic oxidation sites excluding steroid dienone is 1. The van der Waals surface area contributed by atoms with Gasteiger partial charge in [-0.25, -0.2) is 4.79 Å². The van der Waals surface area contributed by atoms with E-state index >= 15 is 0 Å². The van der Waals surface area contributed by atoms with Gasteiger partial charge in [0, 0.05) is 6.08 Å². The van der Waals surface area contributed by atoms with Crippen molar-refractivity contribution in [1.29, 1.82) is 0 Å². The Balaban J connectivity index is 2.35. The maximum Gasteiger partial charge on any atom is 0.330 e. The van der Waals surface area contributed by atoms with Gasteiger partial charge in [0.05, 0.1) is 6.61 Å². The molecule has 0 aliphatic rings. The molecule has 2 rings (SSSR count). The molecule has 5 heteroatoms. The number of hydrogen-bond acceptors (Lipinski definition) is 3. The van der Waals surface area contributed by atoms with E-state index in [1.54, 1.807) is 6.08 Å². The first-order valence-corrected chi connectivity index (χ1v) is 15.0. The van der Waals surface area contributed by atoms with Crippen LogP contribution in [-0.4, -0.2) is 29.2 Å². The highest BCUT2D eigenvalue weighted by Gasteiger charge is 2.42. The molecule has 27 heavy (non-hydrogen) atoms. The fourth-order valence-corrected chi connectivity index (χ4v) is 11.8. The summed E-state index contributed by atoms with van der Waals surface area (Å²) in [5.41, 5.74) is 0.